The zero-order valence-electron chi connectivity index (χ0n) is 13.2. The highest BCUT2D eigenvalue weighted by Crippen LogP contribution is 2.09. The molecule has 0 N–H and O–H groups in total. The largest absolute Gasteiger partial charge is 0.342 e. The van der Waals surface area contributed by atoms with Crippen molar-refractivity contribution in [3.8, 4) is 11.8 Å². The molecule has 0 aromatic rings. The molecular weight excluding hydrogens is 236 g/mol. The van der Waals surface area contributed by atoms with Crippen LogP contribution < -0.4 is 0 Å². The summed E-state index contributed by atoms with van der Waals surface area (Å²) in [7, 11) is 0. The second-order valence-electron chi connectivity index (χ2n) is 4.79. The van der Waals surface area contributed by atoms with Gasteiger partial charge in [-0.3, -0.25) is 0 Å². The molecular formula is C17H32O2. The molecule has 0 aliphatic carbocycles. The van der Waals surface area contributed by atoms with Gasteiger partial charge in [-0.05, 0) is 26.2 Å². The third-order valence-corrected chi connectivity index (χ3v) is 3.01. The predicted octanol–water partition coefficient (Wildman–Crippen LogP) is 4.92. The Labute approximate surface area is 120 Å². The van der Waals surface area contributed by atoms with Crippen LogP contribution in [0.15, 0.2) is 0 Å². The van der Waals surface area contributed by atoms with Gasteiger partial charge in [0.25, 0.3) is 0 Å². The smallest absolute Gasteiger partial charge is 0.222 e. The van der Waals surface area contributed by atoms with Crippen molar-refractivity contribution in [1.82, 2.24) is 0 Å². The molecule has 0 rings (SSSR count). The van der Waals surface area contributed by atoms with Gasteiger partial charge in [0.1, 0.15) is 0 Å². The van der Waals surface area contributed by atoms with Crippen LogP contribution in [0.25, 0.3) is 0 Å². The Morgan fingerprint density at radius 2 is 1.26 bits per heavy atom. The quantitative estimate of drug-likeness (QED) is 0.284. The van der Waals surface area contributed by atoms with Gasteiger partial charge in [-0.15, -0.1) is 0 Å². The lowest BCUT2D eigenvalue weighted by molar-refractivity contribution is -0.0970. The van der Waals surface area contributed by atoms with Gasteiger partial charge in [0.2, 0.25) is 6.29 Å². The average Bonchev–Trinajstić information content (AvgIpc) is 2.41. The fraction of sp³-hybridized carbons (Fsp3) is 0.882. The molecule has 0 fully saturated rings. The van der Waals surface area contributed by atoms with E-state index < -0.39 is 0 Å². The molecule has 0 atom stereocenters. The van der Waals surface area contributed by atoms with E-state index in [0.717, 1.165) is 6.42 Å². The normalized spacial score (nSPS) is 10.5. The first-order chi connectivity index (χ1) is 9.35. The summed E-state index contributed by atoms with van der Waals surface area (Å²) in [6, 6.07) is 0. The standard InChI is InChI=1S/C17H32O2/c1-4-7-8-9-10-11-12-13-14-15-16-17(18-5-2)19-6-3/h17H,4-14H2,1-3H3. The van der Waals surface area contributed by atoms with Crippen molar-refractivity contribution in [3.05, 3.63) is 0 Å². The molecule has 0 spiro atoms. The summed E-state index contributed by atoms with van der Waals surface area (Å²) in [5.41, 5.74) is 0. The van der Waals surface area contributed by atoms with Gasteiger partial charge < -0.3 is 9.47 Å². The van der Waals surface area contributed by atoms with E-state index in [1.165, 1.54) is 51.4 Å². The molecule has 0 amide bonds. The van der Waals surface area contributed by atoms with E-state index in [4.69, 9.17) is 9.47 Å². The number of unbranched alkanes of at least 4 members (excludes halogenated alkanes) is 8. The minimum Gasteiger partial charge on any atom is -0.342 e. The van der Waals surface area contributed by atoms with Crippen molar-refractivity contribution in [2.24, 2.45) is 0 Å². The molecule has 0 saturated carbocycles. The SMILES string of the molecule is CCCCCCCCCCC#CC(OCC)OCC. The molecule has 0 saturated heterocycles. The van der Waals surface area contributed by atoms with Crippen LogP contribution in [0, 0.1) is 11.8 Å². The second-order valence-corrected chi connectivity index (χ2v) is 4.79. The van der Waals surface area contributed by atoms with Gasteiger partial charge in [0, 0.05) is 19.6 Å². The summed E-state index contributed by atoms with van der Waals surface area (Å²) >= 11 is 0. The second kappa shape index (κ2) is 15.5. The molecule has 2 heteroatoms. The van der Waals surface area contributed by atoms with E-state index in [1.54, 1.807) is 0 Å². The molecule has 0 aromatic carbocycles. The van der Waals surface area contributed by atoms with Crippen LogP contribution in [0.4, 0.5) is 0 Å². The van der Waals surface area contributed by atoms with E-state index in [2.05, 4.69) is 18.8 Å². The third kappa shape index (κ3) is 13.7. The van der Waals surface area contributed by atoms with Gasteiger partial charge in [0.15, 0.2) is 0 Å². The van der Waals surface area contributed by atoms with E-state index in [9.17, 15) is 0 Å². The monoisotopic (exact) mass is 268 g/mol. The number of hydrogen-bond acceptors (Lipinski definition) is 2. The Morgan fingerprint density at radius 1 is 0.737 bits per heavy atom. The van der Waals surface area contributed by atoms with Gasteiger partial charge in [-0.2, -0.15) is 0 Å². The zero-order chi connectivity index (χ0) is 14.2. The van der Waals surface area contributed by atoms with Gasteiger partial charge in [-0.25, -0.2) is 0 Å². The molecule has 0 unspecified atom stereocenters. The first-order valence-electron chi connectivity index (χ1n) is 8.06. The van der Waals surface area contributed by atoms with Crippen molar-refractivity contribution in [1.29, 1.82) is 0 Å². The molecule has 19 heavy (non-hydrogen) atoms. The van der Waals surface area contributed by atoms with Crippen LogP contribution in [-0.4, -0.2) is 19.5 Å². The van der Waals surface area contributed by atoms with Crippen molar-refractivity contribution >= 4 is 0 Å². The summed E-state index contributed by atoms with van der Waals surface area (Å²) < 4.78 is 10.7. The minimum atomic E-state index is -0.330. The number of ether oxygens (including phenoxy) is 2. The van der Waals surface area contributed by atoms with E-state index in [1.807, 2.05) is 13.8 Å². The maximum absolute atomic E-state index is 5.37. The zero-order valence-corrected chi connectivity index (χ0v) is 13.2. The van der Waals surface area contributed by atoms with Crippen LogP contribution in [-0.2, 0) is 9.47 Å². The van der Waals surface area contributed by atoms with Gasteiger partial charge in [-0.1, -0.05) is 57.8 Å². The third-order valence-electron chi connectivity index (χ3n) is 3.01. The van der Waals surface area contributed by atoms with E-state index in [-0.39, 0.29) is 6.29 Å². The number of hydrogen-bond donors (Lipinski definition) is 0. The Bertz CT molecular complexity index is 221. The molecule has 0 heterocycles. The van der Waals surface area contributed by atoms with Crippen LogP contribution >= 0.6 is 0 Å². The predicted molar refractivity (Wildman–Crippen MR) is 82.0 cm³/mol. The molecule has 0 aliphatic heterocycles. The van der Waals surface area contributed by atoms with E-state index >= 15 is 0 Å². The summed E-state index contributed by atoms with van der Waals surface area (Å²) in [6.07, 6.45) is 11.4. The van der Waals surface area contributed by atoms with Crippen LogP contribution in [0.3, 0.4) is 0 Å². The van der Waals surface area contributed by atoms with Crippen molar-refractivity contribution < 1.29 is 9.47 Å². The summed E-state index contributed by atoms with van der Waals surface area (Å²) in [6.45, 7) is 7.49. The van der Waals surface area contributed by atoms with Crippen LogP contribution in [0.1, 0.15) is 78.6 Å². The van der Waals surface area contributed by atoms with Crippen molar-refractivity contribution in [3.63, 3.8) is 0 Å². The van der Waals surface area contributed by atoms with E-state index in [0.29, 0.717) is 13.2 Å². The lowest BCUT2D eigenvalue weighted by Crippen LogP contribution is -2.14. The highest BCUT2D eigenvalue weighted by molar-refractivity contribution is 5.02. The first-order valence-corrected chi connectivity index (χ1v) is 8.06. The van der Waals surface area contributed by atoms with Crippen LogP contribution in [0.2, 0.25) is 0 Å². The topological polar surface area (TPSA) is 18.5 Å². The van der Waals surface area contributed by atoms with Gasteiger partial charge >= 0.3 is 0 Å². The van der Waals surface area contributed by atoms with Crippen molar-refractivity contribution in [2.75, 3.05) is 13.2 Å². The molecule has 0 aromatic heterocycles. The minimum absolute atomic E-state index is 0.330. The Kier molecular flexibility index (Phi) is 15.1. The molecule has 0 aliphatic rings. The molecule has 2 nitrogen and oxygen atoms in total. The van der Waals surface area contributed by atoms with Crippen molar-refractivity contribution in [2.45, 2.75) is 84.8 Å². The lowest BCUT2D eigenvalue weighted by Gasteiger charge is -2.09. The van der Waals surface area contributed by atoms with Gasteiger partial charge in [0.05, 0.1) is 0 Å². The molecule has 0 bridgehead atoms. The molecule has 0 radical (unpaired) electrons. The number of rotatable bonds is 12. The Hall–Kier alpha value is -0.520. The highest BCUT2D eigenvalue weighted by Gasteiger charge is 2.00. The summed E-state index contributed by atoms with van der Waals surface area (Å²) in [5, 5.41) is 0. The maximum atomic E-state index is 5.37. The highest BCUT2D eigenvalue weighted by atomic mass is 16.7. The average molecular weight is 268 g/mol. The maximum Gasteiger partial charge on any atom is 0.222 e. The fourth-order valence-corrected chi connectivity index (χ4v) is 1.94. The lowest BCUT2D eigenvalue weighted by atomic mass is 10.1. The summed E-state index contributed by atoms with van der Waals surface area (Å²) in [4.78, 5) is 0. The fourth-order valence-electron chi connectivity index (χ4n) is 1.94. The van der Waals surface area contributed by atoms with Crippen LogP contribution in [0.5, 0.6) is 0 Å². The summed E-state index contributed by atoms with van der Waals surface area (Å²) in [5.74, 6) is 6.21. The Morgan fingerprint density at radius 3 is 1.79 bits per heavy atom. The Balaban J connectivity index is 3.41. The molecule has 112 valence electrons. The first kappa shape index (κ1) is 18.5.